The molecular weight excluding hydrogens is 300 g/mol. The van der Waals surface area contributed by atoms with Crippen LogP contribution in [0, 0.1) is 6.92 Å². The summed E-state index contributed by atoms with van der Waals surface area (Å²) in [5.41, 5.74) is 9.53. The van der Waals surface area contributed by atoms with Gasteiger partial charge in [-0.15, -0.1) is 0 Å². The lowest BCUT2D eigenvalue weighted by Crippen LogP contribution is -1.94. The third kappa shape index (κ3) is 3.14. The Labute approximate surface area is 114 Å². The summed E-state index contributed by atoms with van der Waals surface area (Å²) in [5, 5.41) is 3.97. The first-order valence-corrected chi connectivity index (χ1v) is 6.31. The van der Waals surface area contributed by atoms with Crippen LogP contribution in [-0.4, -0.2) is 0 Å². The van der Waals surface area contributed by atoms with E-state index in [2.05, 4.69) is 21.2 Å². The minimum atomic E-state index is 0.691. The SMILES string of the molecule is Cc1cc(N)cc(Nc2cc(Cl)ccc2Br)c1. The molecule has 0 aliphatic rings. The van der Waals surface area contributed by atoms with Gasteiger partial charge in [0.05, 0.1) is 5.69 Å². The highest BCUT2D eigenvalue weighted by atomic mass is 79.9. The van der Waals surface area contributed by atoms with Gasteiger partial charge in [0.25, 0.3) is 0 Å². The van der Waals surface area contributed by atoms with Crippen molar-refractivity contribution < 1.29 is 0 Å². The first-order valence-electron chi connectivity index (χ1n) is 5.14. The second kappa shape index (κ2) is 4.98. The molecule has 2 rings (SSSR count). The Bertz CT molecular complexity index is 535. The fraction of sp³-hybridized carbons (Fsp3) is 0.0769. The van der Waals surface area contributed by atoms with Gasteiger partial charge < -0.3 is 11.1 Å². The van der Waals surface area contributed by atoms with Gasteiger partial charge in [-0.2, -0.15) is 0 Å². The van der Waals surface area contributed by atoms with E-state index in [-0.39, 0.29) is 0 Å². The minimum Gasteiger partial charge on any atom is -0.399 e. The highest BCUT2D eigenvalue weighted by molar-refractivity contribution is 9.10. The molecule has 0 saturated heterocycles. The molecule has 2 nitrogen and oxygen atoms in total. The van der Waals surface area contributed by atoms with Crippen molar-refractivity contribution in [3.8, 4) is 0 Å². The number of nitrogens with two attached hydrogens (primary N) is 1. The summed E-state index contributed by atoms with van der Waals surface area (Å²) in [4.78, 5) is 0. The lowest BCUT2D eigenvalue weighted by Gasteiger charge is -2.10. The van der Waals surface area contributed by atoms with Gasteiger partial charge in [0.2, 0.25) is 0 Å². The second-order valence-corrected chi connectivity index (χ2v) is 5.17. The molecular formula is C13H12BrClN2. The van der Waals surface area contributed by atoms with Crippen LogP contribution in [0.2, 0.25) is 5.02 Å². The lowest BCUT2D eigenvalue weighted by molar-refractivity contribution is 1.44. The molecule has 0 heterocycles. The number of hydrogen-bond acceptors (Lipinski definition) is 2. The fourth-order valence-electron chi connectivity index (χ4n) is 1.63. The standard InChI is InChI=1S/C13H12BrClN2/c1-8-4-10(16)7-11(5-8)17-13-6-9(15)2-3-12(13)14/h2-7,17H,16H2,1H3. The Morgan fingerprint density at radius 2 is 1.94 bits per heavy atom. The Kier molecular flexibility index (Phi) is 3.60. The van der Waals surface area contributed by atoms with Gasteiger partial charge in [-0.1, -0.05) is 11.6 Å². The number of nitrogens with one attached hydrogen (secondary N) is 1. The molecule has 0 aliphatic heterocycles. The van der Waals surface area contributed by atoms with Gasteiger partial charge in [-0.25, -0.2) is 0 Å². The summed E-state index contributed by atoms with van der Waals surface area (Å²) in [5.74, 6) is 0. The van der Waals surface area contributed by atoms with E-state index in [1.807, 2.05) is 43.3 Å². The van der Waals surface area contributed by atoms with Crippen molar-refractivity contribution in [1.29, 1.82) is 0 Å². The van der Waals surface area contributed by atoms with Crippen LogP contribution in [0.4, 0.5) is 17.1 Å². The van der Waals surface area contributed by atoms with E-state index in [1.165, 1.54) is 0 Å². The van der Waals surface area contributed by atoms with Crippen LogP contribution < -0.4 is 11.1 Å². The number of nitrogen functional groups attached to an aromatic ring is 1. The number of benzene rings is 2. The highest BCUT2D eigenvalue weighted by Crippen LogP contribution is 2.29. The molecule has 4 heteroatoms. The summed E-state index contributed by atoms with van der Waals surface area (Å²) in [6, 6.07) is 11.5. The first-order chi connectivity index (χ1) is 8.04. The van der Waals surface area contributed by atoms with Gasteiger partial charge in [-0.3, -0.25) is 0 Å². The van der Waals surface area contributed by atoms with Gasteiger partial charge in [0, 0.05) is 20.9 Å². The summed E-state index contributed by atoms with van der Waals surface area (Å²) in [6.45, 7) is 2.01. The molecule has 0 fully saturated rings. The number of anilines is 3. The van der Waals surface area contributed by atoms with Crippen LogP contribution in [-0.2, 0) is 0 Å². The predicted molar refractivity (Wildman–Crippen MR) is 78.0 cm³/mol. The maximum absolute atomic E-state index is 5.96. The maximum atomic E-state index is 5.96. The van der Waals surface area contributed by atoms with E-state index in [4.69, 9.17) is 17.3 Å². The Balaban J connectivity index is 2.34. The summed E-state index contributed by atoms with van der Waals surface area (Å²) in [7, 11) is 0. The van der Waals surface area contributed by atoms with Crippen molar-refractivity contribution in [2.45, 2.75) is 6.92 Å². The normalized spacial score (nSPS) is 10.3. The molecule has 17 heavy (non-hydrogen) atoms. The number of rotatable bonds is 2. The summed E-state index contributed by atoms with van der Waals surface area (Å²) >= 11 is 9.43. The smallest absolute Gasteiger partial charge is 0.0543 e. The van der Waals surface area contributed by atoms with Crippen molar-refractivity contribution in [2.24, 2.45) is 0 Å². The molecule has 0 amide bonds. The van der Waals surface area contributed by atoms with Gasteiger partial charge >= 0.3 is 0 Å². The number of hydrogen-bond donors (Lipinski definition) is 2. The lowest BCUT2D eigenvalue weighted by atomic mass is 10.2. The van der Waals surface area contributed by atoms with E-state index in [0.717, 1.165) is 27.1 Å². The average molecular weight is 312 g/mol. The largest absolute Gasteiger partial charge is 0.399 e. The molecule has 2 aromatic rings. The zero-order chi connectivity index (χ0) is 12.4. The first kappa shape index (κ1) is 12.3. The quantitative estimate of drug-likeness (QED) is 0.786. The van der Waals surface area contributed by atoms with Gasteiger partial charge in [0.15, 0.2) is 0 Å². The van der Waals surface area contributed by atoms with Crippen LogP contribution in [0.25, 0.3) is 0 Å². The fourth-order valence-corrected chi connectivity index (χ4v) is 2.15. The molecule has 0 radical (unpaired) electrons. The second-order valence-electron chi connectivity index (χ2n) is 3.88. The third-order valence-electron chi connectivity index (χ3n) is 2.31. The van der Waals surface area contributed by atoms with E-state index in [0.29, 0.717) is 5.02 Å². The molecule has 0 saturated carbocycles. The third-order valence-corrected chi connectivity index (χ3v) is 3.23. The highest BCUT2D eigenvalue weighted by Gasteiger charge is 2.02. The molecule has 0 unspecified atom stereocenters. The predicted octanol–water partition coefficient (Wildman–Crippen LogP) is 4.74. The molecule has 0 atom stereocenters. The van der Waals surface area contributed by atoms with E-state index >= 15 is 0 Å². The molecule has 88 valence electrons. The van der Waals surface area contributed by atoms with Crippen molar-refractivity contribution in [2.75, 3.05) is 11.1 Å². The topological polar surface area (TPSA) is 38.0 Å². The summed E-state index contributed by atoms with van der Waals surface area (Å²) in [6.07, 6.45) is 0. The van der Waals surface area contributed by atoms with Crippen LogP contribution in [0.15, 0.2) is 40.9 Å². The summed E-state index contributed by atoms with van der Waals surface area (Å²) < 4.78 is 0.960. The minimum absolute atomic E-state index is 0.691. The zero-order valence-electron chi connectivity index (χ0n) is 9.30. The van der Waals surface area contributed by atoms with Crippen molar-refractivity contribution in [3.63, 3.8) is 0 Å². The maximum Gasteiger partial charge on any atom is 0.0543 e. The molecule has 2 aromatic carbocycles. The Hall–Kier alpha value is -1.19. The molecule has 0 aliphatic carbocycles. The Morgan fingerprint density at radius 3 is 2.65 bits per heavy atom. The van der Waals surface area contributed by atoms with E-state index in [9.17, 15) is 0 Å². The van der Waals surface area contributed by atoms with Crippen LogP contribution in [0.5, 0.6) is 0 Å². The number of halogens is 2. The van der Waals surface area contributed by atoms with E-state index in [1.54, 1.807) is 0 Å². The van der Waals surface area contributed by atoms with Crippen LogP contribution in [0.1, 0.15) is 5.56 Å². The van der Waals surface area contributed by atoms with E-state index < -0.39 is 0 Å². The monoisotopic (exact) mass is 310 g/mol. The van der Waals surface area contributed by atoms with Crippen LogP contribution in [0.3, 0.4) is 0 Å². The van der Waals surface area contributed by atoms with Gasteiger partial charge in [-0.05, 0) is 64.8 Å². The molecule has 0 bridgehead atoms. The zero-order valence-corrected chi connectivity index (χ0v) is 11.6. The van der Waals surface area contributed by atoms with Crippen molar-refractivity contribution in [3.05, 3.63) is 51.5 Å². The molecule has 0 spiro atoms. The number of aryl methyl sites for hydroxylation is 1. The Morgan fingerprint density at radius 1 is 1.18 bits per heavy atom. The van der Waals surface area contributed by atoms with Gasteiger partial charge in [0.1, 0.15) is 0 Å². The molecule has 3 N–H and O–H groups in total. The molecule has 0 aromatic heterocycles. The van der Waals surface area contributed by atoms with Crippen molar-refractivity contribution in [1.82, 2.24) is 0 Å². The van der Waals surface area contributed by atoms with Crippen molar-refractivity contribution >= 4 is 44.6 Å². The average Bonchev–Trinajstić information content (AvgIpc) is 2.22. The van der Waals surface area contributed by atoms with Crippen LogP contribution >= 0.6 is 27.5 Å².